The smallest absolute Gasteiger partial charge is 0.272 e. The van der Waals surface area contributed by atoms with Gasteiger partial charge >= 0.3 is 0 Å². The zero-order valence-electron chi connectivity index (χ0n) is 18.9. The third-order valence-electron chi connectivity index (χ3n) is 5.09. The first-order valence-electron chi connectivity index (χ1n) is 10.5. The van der Waals surface area contributed by atoms with Crippen molar-refractivity contribution in [3.63, 3.8) is 0 Å². The molecule has 0 atom stereocenters. The molecule has 0 aliphatic carbocycles. The number of carbonyl (C=O) groups excluding carboxylic acids is 1. The van der Waals surface area contributed by atoms with Crippen LogP contribution in [-0.4, -0.2) is 44.9 Å². The number of carbonyl (C=O) groups is 1. The highest BCUT2D eigenvalue weighted by Crippen LogP contribution is 2.35. The van der Waals surface area contributed by atoms with Crippen molar-refractivity contribution in [1.29, 1.82) is 0 Å². The Kier molecular flexibility index (Phi) is 7.60. The molecular weight excluding hydrogens is 512 g/mol. The number of methoxy groups -OCH3 is 2. The Balaban J connectivity index is 1.65. The summed E-state index contributed by atoms with van der Waals surface area (Å²) in [4.78, 5) is 11.7. The van der Waals surface area contributed by atoms with Crippen molar-refractivity contribution < 1.29 is 22.7 Å². The predicted octanol–water partition coefficient (Wildman–Crippen LogP) is 3.87. The summed E-state index contributed by atoms with van der Waals surface area (Å²) in [6.07, 6.45) is 0. The van der Waals surface area contributed by atoms with Gasteiger partial charge in [0.25, 0.3) is 10.0 Å². The third-order valence-corrected chi connectivity index (χ3v) is 8.15. The summed E-state index contributed by atoms with van der Waals surface area (Å²) in [7, 11) is -0.909. The van der Waals surface area contributed by atoms with Crippen LogP contribution < -0.4 is 14.8 Å². The SMILES string of the molecule is COCC(=O)NCc1cccc(Cn2nc(NS(=O)(=O)c3ccc(Cl)s3)c3c(OC)cccc32)c1. The molecule has 4 aromatic rings. The van der Waals surface area contributed by atoms with Gasteiger partial charge in [-0.2, -0.15) is 5.10 Å². The van der Waals surface area contributed by atoms with Crippen LogP contribution in [0.15, 0.2) is 58.8 Å². The highest BCUT2D eigenvalue weighted by Gasteiger charge is 2.23. The Hall–Kier alpha value is -3.12. The van der Waals surface area contributed by atoms with Gasteiger partial charge in [0.1, 0.15) is 16.6 Å². The van der Waals surface area contributed by atoms with Crippen LogP contribution >= 0.6 is 22.9 Å². The molecule has 2 aromatic carbocycles. The lowest BCUT2D eigenvalue weighted by Crippen LogP contribution is -2.26. The van der Waals surface area contributed by atoms with Gasteiger partial charge in [-0.3, -0.25) is 14.2 Å². The molecule has 0 unspecified atom stereocenters. The van der Waals surface area contributed by atoms with Gasteiger partial charge in [0, 0.05) is 13.7 Å². The van der Waals surface area contributed by atoms with Gasteiger partial charge in [0.2, 0.25) is 5.91 Å². The van der Waals surface area contributed by atoms with E-state index in [1.165, 1.54) is 26.4 Å². The second-order valence-electron chi connectivity index (χ2n) is 7.55. The standard InChI is InChI=1S/C23H23ClN4O5S2/c1-32-14-20(29)25-12-15-5-3-6-16(11-15)13-28-17-7-4-8-18(33-2)22(17)23(26-28)27-35(30,31)21-10-9-19(24)34-21/h3-11H,12-14H2,1-2H3,(H,25,29)(H,26,27). The highest BCUT2D eigenvalue weighted by atomic mass is 35.5. The van der Waals surface area contributed by atoms with Gasteiger partial charge in [-0.05, 0) is 35.4 Å². The van der Waals surface area contributed by atoms with Crippen molar-refractivity contribution in [1.82, 2.24) is 15.1 Å². The lowest BCUT2D eigenvalue weighted by Gasteiger charge is -2.08. The summed E-state index contributed by atoms with van der Waals surface area (Å²) in [5, 5.41) is 7.91. The van der Waals surface area contributed by atoms with Gasteiger partial charge in [0.15, 0.2) is 5.82 Å². The Bertz CT molecular complexity index is 1470. The maximum Gasteiger partial charge on any atom is 0.272 e. The molecule has 0 spiro atoms. The molecule has 12 heteroatoms. The number of fused-ring (bicyclic) bond motifs is 1. The number of thiophene rings is 1. The number of anilines is 1. The monoisotopic (exact) mass is 534 g/mol. The molecule has 0 fully saturated rings. The molecule has 184 valence electrons. The van der Waals surface area contributed by atoms with Gasteiger partial charge in [-0.25, -0.2) is 8.42 Å². The van der Waals surface area contributed by atoms with Gasteiger partial charge in [-0.15, -0.1) is 11.3 Å². The van der Waals surface area contributed by atoms with E-state index in [1.54, 1.807) is 10.7 Å². The van der Waals surface area contributed by atoms with Crippen LogP contribution in [0.25, 0.3) is 10.9 Å². The predicted molar refractivity (Wildman–Crippen MR) is 136 cm³/mol. The molecule has 2 N–H and O–H groups in total. The first kappa shape index (κ1) is 25.0. The highest BCUT2D eigenvalue weighted by molar-refractivity contribution is 7.94. The van der Waals surface area contributed by atoms with E-state index in [2.05, 4.69) is 15.1 Å². The summed E-state index contributed by atoms with van der Waals surface area (Å²) in [6, 6.07) is 16.1. The van der Waals surface area contributed by atoms with Crippen LogP contribution in [0, 0.1) is 0 Å². The second-order valence-corrected chi connectivity index (χ2v) is 11.2. The quantitative estimate of drug-likeness (QED) is 0.319. The molecule has 0 aliphatic rings. The van der Waals surface area contributed by atoms with E-state index in [9.17, 15) is 13.2 Å². The third kappa shape index (κ3) is 5.76. The average molecular weight is 535 g/mol. The van der Waals surface area contributed by atoms with E-state index >= 15 is 0 Å². The summed E-state index contributed by atoms with van der Waals surface area (Å²) in [5.74, 6) is 0.447. The lowest BCUT2D eigenvalue weighted by atomic mass is 10.1. The Morgan fingerprint density at radius 2 is 1.89 bits per heavy atom. The molecule has 2 aromatic heterocycles. The molecule has 4 rings (SSSR count). The first-order chi connectivity index (χ1) is 16.8. The van der Waals surface area contributed by atoms with Crippen LogP contribution in [0.1, 0.15) is 11.1 Å². The van der Waals surface area contributed by atoms with Crippen LogP contribution in [0.5, 0.6) is 5.75 Å². The maximum atomic E-state index is 13.0. The fourth-order valence-corrected chi connectivity index (χ4v) is 6.07. The molecule has 9 nitrogen and oxygen atoms in total. The molecule has 0 saturated heterocycles. The Labute approximate surface area is 211 Å². The molecule has 0 saturated carbocycles. The number of rotatable bonds is 10. The summed E-state index contributed by atoms with van der Waals surface area (Å²) < 4.78 is 41.0. The largest absolute Gasteiger partial charge is 0.496 e. The van der Waals surface area contributed by atoms with Crippen LogP contribution in [-0.2, 0) is 32.6 Å². The van der Waals surface area contributed by atoms with Crippen LogP contribution in [0.2, 0.25) is 4.34 Å². The molecule has 0 aliphatic heterocycles. The van der Waals surface area contributed by atoms with Gasteiger partial charge < -0.3 is 14.8 Å². The Morgan fingerprint density at radius 3 is 2.60 bits per heavy atom. The normalized spacial score (nSPS) is 11.5. The average Bonchev–Trinajstić information content (AvgIpc) is 3.42. The zero-order chi connectivity index (χ0) is 25.0. The fourth-order valence-electron chi connectivity index (χ4n) is 3.57. The molecule has 0 bridgehead atoms. The van der Waals surface area contributed by atoms with Crippen LogP contribution in [0.4, 0.5) is 5.82 Å². The molecule has 0 radical (unpaired) electrons. The van der Waals surface area contributed by atoms with E-state index in [-0.39, 0.29) is 22.5 Å². The maximum absolute atomic E-state index is 13.0. The van der Waals surface area contributed by atoms with Gasteiger partial charge in [0.05, 0.1) is 28.9 Å². The molecule has 35 heavy (non-hydrogen) atoms. The van der Waals surface area contributed by atoms with E-state index in [0.717, 1.165) is 22.5 Å². The number of aromatic nitrogens is 2. The minimum Gasteiger partial charge on any atom is -0.496 e. The van der Waals surface area contributed by atoms with E-state index in [1.807, 2.05) is 36.4 Å². The van der Waals surface area contributed by atoms with Crippen molar-refractivity contribution in [2.75, 3.05) is 25.5 Å². The topological polar surface area (TPSA) is 112 Å². The van der Waals surface area contributed by atoms with Crippen molar-refractivity contribution in [2.24, 2.45) is 0 Å². The summed E-state index contributed by atoms with van der Waals surface area (Å²) >= 11 is 6.89. The molecule has 2 heterocycles. The summed E-state index contributed by atoms with van der Waals surface area (Å²) in [6.45, 7) is 0.728. The van der Waals surface area contributed by atoms with Gasteiger partial charge in [-0.1, -0.05) is 41.9 Å². The number of hydrogen-bond acceptors (Lipinski definition) is 7. The summed E-state index contributed by atoms with van der Waals surface area (Å²) in [5.41, 5.74) is 2.54. The molecule has 1 amide bonds. The van der Waals surface area contributed by atoms with E-state index in [4.69, 9.17) is 21.1 Å². The van der Waals surface area contributed by atoms with Crippen molar-refractivity contribution in [2.45, 2.75) is 17.3 Å². The van der Waals surface area contributed by atoms with E-state index < -0.39 is 10.0 Å². The number of benzene rings is 2. The number of hydrogen-bond donors (Lipinski definition) is 2. The van der Waals surface area contributed by atoms with Crippen molar-refractivity contribution in [3.05, 3.63) is 70.1 Å². The minimum absolute atomic E-state index is 0.00282. The Morgan fingerprint density at radius 1 is 1.11 bits per heavy atom. The van der Waals surface area contributed by atoms with E-state index in [0.29, 0.717) is 34.1 Å². The fraction of sp³-hybridized carbons (Fsp3) is 0.217. The second kappa shape index (κ2) is 10.6. The number of nitrogens with one attached hydrogen (secondary N) is 2. The minimum atomic E-state index is -3.89. The number of sulfonamides is 1. The first-order valence-corrected chi connectivity index (χ1v) is 13.1. The zero-order valence-corrected chi connectivity index (χ0v) is 21.3. The van der Waals surface area contributed by atoms with Crippen molar-refractivity contribution >= 4 is 55.6 Å². The lowest BCUT2D eigenvalue weighted by molar-refractivity contribution is -0.124. The number of amides is 1. The van der Waals surface area contributed by atoms with Crippen LogP contribution in [0.3, 0.4) is 0 Å². The molecular formula is C23H23ClN4O5S2. The van der Waals surface area contributed by atoms with Crippen molar-refractivity contribution in [3.8, 4) is 5.75 Å². The number of ether oxygens (including phenoxy) is 2. The number of nitrogens with zero attached hydrogens (tertiary/aromatic N) is 2. The number of halogens is 1.